The smallest absolute Gasteiger partial charge is 0.172 e. The molecule has 0 aromatic carbocycles. The predicted molar refractivity (Wildman–Crippen MR) is 104 cm³/mol. The number of rotatable bonds is 0. The van der Waals surface area contributed by atoms with E-state index in [-0.39, 0.29) is 17.8 Å². The maximum atomic E-state index is 11.6. The fourth-order valence-electron chi connectivity index (χ4n) is 8.40. The Hall–Kier alpha value is -0.860. The number of hydrogen-bond donors (Lipinski definition) is 2. The molecule has 0 aromatic heterocycles. The van der Waals surface area contributed by atoms with Crippen LogP contribution in [-0.2, 0) is 9.47 Å². The molecule has 2 N–H and O–H groups in total. The van der Waals surface area contributed by atoms with E-state index in [9.17, 15) is 10.2 Å². The third-order valence-corrected chi connectivity index (χ3v) is 9.58. The minimum atomic E-state index is -0.901. The Kier molecular flexibility index (Phi) is 3.75. The topological polar surface area (TPSA) is 58.9 Å². The molecule has 1 saturated heterocycles. The lowest BCUT2D eigenvalue weighted by atomic mass is 9.49. The van der Waals surface area contributed by atoms with E-state index >= 15 is 0 Å². The molecule has 0 radical (unpaired) electrons. The van der Waals surface area contributed by atoms with Gasteiger partial charge in [-0.2, -0.15) is 0 Å². The van der Waals surface area contributed by atoms with Gasteiger partial charge in [-0.05, 0) is 61.7 Å². The third kappa shape index (κ3) is 2.17. The number of aliphatic hydroxyl groups excluding tert-OH is 1. The normalized spacial score (nSPS) is 52.6. The zero-order chi connectivity index (χ0) is 19.1. The minimum Gasteiger partial charge on any atom is -0.384 e. The van der Waals surface area contributed by atoms with Gasteiger partial charge in [-0.15, -0.1) is 0 Å². The molecule has 4 heteroatoms. The molecule has 6 rings (SSSR count). The summed E-state index contributed by atoms with van der Waals surface area (Å²) in [5.74, 6) is 9.22. The second-order valence-electron chi connectivity index (χ2n) is 10.5. The van der Waals surface area contributed by atoms with Crippen LogP contribution < -0.4 is 0 Å². The summed E-state index contributed by atoms with van der Waals surface area (Å²) in [6, 6.07) is 0. The van der Waals surface area contributed by atoms with Gasteiger partial charge in [-0.3, -0.25) is 0 Å². The first kappa shape index (κ1) is 18.0. The van der Waals surface area contributed by atoms with Crippen LogP contribution in [0.1, 0.15) is 51.9 Å². The summed E-state index contributed by atoms with van der Waals surface area (Å²) in [6.07, 6.45) is 10.2. The maximum Gasteiger partial charge on any atom is 0.172 e. The molecular weight excluding hydrogens is 352 g/mol. The van der Waals surface area contributed by atoms with Crippen molar-refractivity contribution in [1.82, 2.24) is 0 Å². The van der Waals surface area contributed by atoms with Crippen molar-refractivity contribution in [2.24, 2.45) is 40.9 Å². The van der Waals surface area contributed by atoms with Gasteiger partial charge in [0, 0.05) is 24.2 Å². The summed E-state index contributed by atoms with van der Waals surface area (Å²) in [6.45, 7) is 3.61. The molecule has 1 aliphatic heterocycles. The number of ether oxygens (including phenoxy) is 2. The fraction of sp³-hybridized carbons (Fsp3) is 0.833. The largest absolute Gasteiger partial charge is 0.384 e. The van der Waals surface area contributed by atoms with Gasteiger partial charge in [-0.1, -0.05) is 30.4 Å². The van der Waals surface area contributed by atoms with Gasteiger partial charge in [0.1, 0.15) is 12.2 Å². The van der Waals surface area contributed by atoms with E-state index in [0.29, 0.717) is 29.6 Å². The first-order valence-electron chi connectivity index (χ1n) is 11.3. The molecule has 28 heavy (non-hydrogen) atoms. The van der Waals surface area contributed by atoms with E-state index < -0.39 is 5.60 Å². The monoisotopic (exact) mass is 384 g/mol. The Labute approximate surface area is 167 Å². The van der Waals surface area contributed by atoms with Crippen molar-refractivity contribution in [2.45, 2.75) is 63.3 Å². The second kappa shape index (κ2) is 5.85. The molecule has 0 amide bonds. The Morgan fingerprint density at radius 1 is 1.14 bits per heavy atom. The quantitative estimate of drug-likeness (QED) is 0.498. The second-order valence-corrected chi connectivity index (χ2v) is 10.5. The van der Waals surface area contributed by atoms with Crippen LogP contribution in [0.15, 0.2) is 11.6 Å². The highest BCUT2D eigenvalue weighted by atomic mass is 16.7. The standard InChI is InChI=1S/C24H32O4/c1-22-8-5-17-16-6-9-23(27-11-12-28-23)14-15(16)3-4-18(17)21(22)19-13-20(19)24(22,26)7-2-10-25/h3,16-21,25-26H,4-6,8-14H2,1H3/t16?,17?,18?,19?,20?,21?,22-,24-/m0/s1. The third-order valence-electron chi connectivity index (χ3n) is 9.58. The molecule has 6 unspecified atom stereocenters. The molecule has 5 fully saturated rings. The summed E-state index contributed by atoms with van der Waals surface area (Å²) in [5.41, 5.74) is 0.559. The molecule has 4 nitrogen and oxygen atoms in total. The highest BCUT2D eigenvalue weighted by Gasteiger charge is 2.75. The summed E-state index contributed by atoms with van der Waals surface area (Å²) in [7, 11) is 0. The van der Waals surface area contributed by atoms with Gasteiger partial charge < -0.3 is 19.7 Å². The summed E-state index contributed by atoms with van der Waals surface area (Å²) in [4.78, 5) is 0. The Bertz CT molecular complexity index is 771. The molecule has 8 atom stereocenters. The van der Waals surface area contributed by atoms with Crippen LogP contribution in [0.25, 0.3) is 0 Å². The molecule has 6 aliphatic rings. The van der Waals surface area contributed by atoms with Crippen molar-refractivity contribution in [1.29, 1.82) is 0 Å². The molecule has 5 aliphatic carbocycles. The van der Waals surface area contributed by atoms with Crippen molar-refractivity contribution >= 4 is 0 Å². The highest BCUT2D eigenvalue weighted by Crippen LogP contribution is 2.75. The zero-order valence-electron chi connectivity index (χ0n) is 16.8. The van der Waals surface area contributed by atoms with Gasteiger partial charge in [0.05, 0.1) is 13.2 Å². The van der Waals surface area contributed by atoms with Crippen LogP contribution in [0.4, 0.5) is 0 Å². The molecular formula is C24H32O4. The number of aliphatic hydroxyl groups is 2. The lowest BCUT2D eigenvalue weighted by Crippen LogP contribution is -2.55. The molecule has 0 aromatic rings. The van der Waals surface area contributed by atoms with Gasteiger partial charge in [-0.25, -0.2) is 0 Å². The number of allylic oxidation sites excluding steroid dienone is 1. The SMILES string of the molecule is C[C@]12CCC3C4CCC5(CC4=CCC3C1C1CC1[C@@]2(O)C#CCO)OCCO5. The molecule has 0 bridgehead atoms. The Morgan fingerprint density at radius 2 is 1.96 bits per heavy atom. The van der Waals surface area contributed by atoms with Crippen molar-refractivity contribution < 1.29 is 19.7 Å². The maximum absolute atomic E-state index is 11.6. The zero-order valence-corrected chi connectivity index (χ0v) is 16.8. The van der Waals surface area contributed by atoms with Crippen molar-refractivity contribution in [3.05, 3.63) is 11.6 Å². The van der Waals surface area contributed by atoms with Gasteiger partial charge in [0.2, 0.25) is 0 Å². The van der Waals surface area contributed by atoms with Crippen LogP contribution >= 0.6 is 0 Å². The van der Waals surface area contributed by atoms with E-state index in [1.165, 1.54) is 12.8 Å². The number of fused-ring (bicyclic) bond motifs is 7. The van der Waals surface area contributed by atoms with E-state index in [0.717, 1.165) is 51.2 Å². The fourth-order valence-corrected chi connectivity index (χ4v) is 8.40. The van der Waals surface area contributed by atoms with Crippen molar-refractivity contribution in [2.75, 3.05) is 19.8 Å². The molecule has 4 saturated carbocycles. The van der Waals surface area contributed by atoms with E-state index in [2.05, 4.69) is 24.8 Å². The summed E-state index contributed by atoms with van der Waals surface area (Å²) < 4.78 is 12.0. The first-order valence-corrected chi connectivity index (χ1v) is 11.3. The minimum absolute atomic E-state index is 0.122. The predicted octanol–water partition coefficient (Wildman–Crippen LogP) is 2.88. The lowest BCUT2D eigenvalue weighted by Gasteiger charge is -2.56. The Balaban J connectivity index is 1.31. The Morgan fingerprint density at radius 3 is 2.75 bits per heavy atom. The first-order chi connectivity index (χ1) is 13.5. The van der Waals surface area contributed by atoms with Gasteiger partial charge in [0.15, 0.2) is 5.79 Å². The van der Waals surface area contributed by atoms with Crippen LogP contribution in [0.3, 0.4) is 0 Å². The average molecular weight is 385 g/mol. The highest BCUT2D eigenvalue weighted by molar-refractivity contribution is 5.35. The van der Waals surface area contributed by atoms with Gasteiger partial charge in [0.25, 0.3) is 0 Å². The summed E-state index contributed by atoms with van der Waals surface area (Å²) >= 11 is 0. The van der Waals surface area contributed by atoms with E-state index in [1.807, 2.05) is 0 Å². The van der Waals surface area contributed by atoms with E-state index in [1.54, 1.807) is 5.57 Å². The van der Waals surface area contributed by atoms with Crippen LogP contribution in [-0.4, -0.2) is 41.4 Å². The molecule has 1 heterocycles. The van der Waals surface area contributed by atoms with Gasteiger partial charge >= 0.3 is 0 Å². The van der Waals surface area contributed by atoms with Crippen molar-refractivity contribution in [3.8, 4) is 11.8 Å². The van der Waals surface area contributed by atoms with E-state index in [4.69, 9.17) is 9.47 Å². The average Bonchev–Trinajstić information content (AvgIpc) is 3.32. The lowest BCUT2D eigenvalue weighted by molar-refractivity contribution is -0.177. The van der Waals surface area contributed by atoms with Crippen LogP contribution in [0, 0.1) is 52.8 Å². The summed E-state index contributed by atoms with van der Waals surface area (Å²) in [5, 5.41) is 20.8. The van der Waals surface area contributed by atoms with Crippen molar-refractivity contribution in [3.63, 3.8) is 0 Å². The molecule has 1 spiro atoms. The molecule has 152 valence electrons. The van der Waals surface area contributed by atoms with Crippen LogP contribution in [0.2, 0.25) is 0 Å². The van der Waals surface area contributed by atoms with Crippen LogP contribution in [0.5, 0.6) is 0 Å². The number of hydrogen-bond acceptors (Lipinski definition) is 4.